The van der Waals surface area contributed by atoms with Crippen LogP contribution in [0.2, 0.25) is 0 Å². The topological polar surface area (TPSA) is 48.0 Å². The standard InChI is InChI=1S/C19H41NO4SSi/c1-6-9-10-11-12-15-19(21)25-16-13-14-18(17-20(4)5)24-26(22-7-2)23-8-3/h18,26H,6-17H2,1-5H3. The van der Waals surface area contributed by atoms with E-state index in [0.29, 0.717) is 18.3 Å². The lowest BCUT2D eigenvalue weighted by molar-refractivity contribution is -0.111. The number of nitrogens with zero attached hydrogens (tertiary/aromatic N) is 1. The Morgan fingerprint density at radius 2 is 1.65 bits per heavy atom. The van der Waals surface area contributed by atoms with Gasteiger partial charge in [0.05, 0.1) is 6.10 Å². The molecule has 0 aromatic carbocycles. The van der Waals surface area contributed by atoms with E-state index in [-0.39, 0.29) is 6.10 Å². The van der Waals surface area contributed by atoms with Crippen LogP contribution < -0.4 is 0 Å². The number of hydrogen-bond donors (Lipinski definition) is 0. The zero-order valence-electron chi connectivity index (χ0n) is 17.6. The number of thioether (sulfide) groups is 1. The molecule has 5 nitrogen and oxygen atoms in total. The van der Waals surface area contributed by atoms with Crippen molar-refractivity contribution in [1.82, 2.24) is 4.90 Å². The summed E-state index contributed by atoms with van der Waals surface area (Å²) in [5, 5.41) is 0.336. The number of carbonyl (C=O) groups excluding carboxylic acids is 1. The summed E-state index contributed by atoms with van der Waals surface area (Å²) < 4.78 is 17.4. The molecule has 0 bridgehead atoms. The molecule has 0 N–H and O–H groups in total. The molecule has 0 aliphatic rings. The molecule has 0 aromatic rings. The van der Waals surface area contributed by atoms with Gasteiger partial charge < -0.3 is 18.2 Å². The SMILES string of the molecule is CCCCCCCC(=O)SCCCC(CN(C)C)O[SiH](OCC)OCC. The molecular weight excluding hydrogens is 366 g/mol. The van der Waals surface area contributed by atoms with E-state index >= 15 is 0 Å². The maximum atomic E-state index is 11.9. The molecule has 0 aliphatic carbocycles. The fourth-order valence-corrected chi connectivity index (χ4v) is 4.77. The average Bonchev–Trinajstić information content (AvgIpc) is 2.58. The normalized spacial score (nSPS) is 12.9. The van der Waals surface area contributed by atoms with Gasteiger partial charge in [0, 0.05) is 31.9 Å². The number of likely N-dealkylation sites (N-methyl/N-ethyl adjacent to an activating group) is 1. The van der Waals surface area contributed by atoms with E-state index in [2.05, 4.69) is 11.8 Å². The Labute approximate surface area is 167 Å². The zero-order valence-corrected chi connectivity index (χ0v) is 19.6. The Kier molecular flexibility index (Phi) is 18.5. The molecule has 0 aliphatic heterocycles. The highest BCUT2D eigenvalue weighted by Gasteiger charge is 2.21. The fraction of sp³-hybridized carbons (Fsp3) is 0.947. The third-order valence-electron chi connectivity index (χ3n) is 3.90. The zero-order chi connectivity index (χ0) is 19.6. The Hall–Kier alpha value is 0.0769. The van der Waals surface area contributed by atoms with Gasteiger partial charge in [0.15, 0.2) is 5.12 Å². The predicted molar refractivity (Wildman–Crippen MR) is 114 cm³/mol. The van der Waals surface area contributed by atoms with E-state index in [9.17, 15) is 4.79 Å². The van der Waals surface area contributed by atoms with Crippen LogP contribution in [-0.2, 0) is 18.1 Å². The third-order valence-corrected chi connectivity index (χ3v) is 6.73. The van der Waals surface area contributed by atoms with E-state index in [1.807, 2.05) is 27.9 Å². The first-order chi connectivity index (χ1) is 12.5. The first-order valence-electron chi connectivity index (χ1n) is 10.2. The molecule has 0 saturated heterocycles. The molecule has 0 spiro atoms. The molecule has 0 fully saturated rings. The van der Waals surface area contributed by atoms with Crippen molar-refractivity contribution < 1.29 is 18.1 Å². The quantitative estimate of drug-likeness (QED) is 0.252. The summed E-state index contributed by atoms with van der Waals surface area (Å²) >= 11 is 1.48. The van der Waals surface area contributed by atoms with Gasteiger partial charge in [0.2, 0.25) is 0 Å². The summed E-state index contributed by atoms with van der Waals surface area (Å²) in [6.07, 6.45) is 8.72. The van der Waals surface area contributed by atoms with Gasteiger partial charge in [-0.1, -0.05) is 44.4 Å². The van der Waals surface area contributed by atoms with Gasteiger partial charge in [-0.25, -0.2) is 0 Å². The van der Waals surface area contributed by atoms with Crippen LogP contribution in [0.15, 0.2) is 0 Å². The van der Waals surface area contributed by atoms with Crippen molar-refractivity contribution >= 4 is 26.4 Å². The minimum absolute atomic E-state index is 0.101. The highest BCUT2D eigenvalue weighted by Crippen LogP contribution is 2.15. The van der Waals surface area contributed by atoms with Crippen LogP contribution in [-0.4, -0.2) is 65.3 Å². The molecular formula is C19H41NO4SSi. The molecule has 0 saturated carbocycles. The lowest BCUT2D eigenvalue weighted by Crippen LogP contribution is -2.37. The molecule has 26 heavy (non-hydrogen) atoms. The van der Waals surface area contributed by atoms with Gasteiger partial charge in [-0.15, -0.1) is 0 Å². The molecule has 1 unspecified atom stereocenters. The number of unbranched alkanes of at least 4 members (excludes halogenated alkanes) is 4. The van der Waals surface area contributed by atoms with Gasteiger partial charge in [0.1, 0.15) is 0 Å². The maximum absolute atomic E-state index is 11.9. The van der Waals surface area contributed by atoms with Crippen LogP contribution in [0, 0.1) is 0 Å². The first-order valence-corrected chi connectivity index (χ1v) is 12.6. The van der Waals surface area contributed by atoms with Crippen molar-refractivity contribution in [2.75, 3.05) is 39.6 Å². The highest BCUT2D eigenvalue weighted by atomic mass is 32.2. The summed E-state index contributed by atoms with van der Waals surface area (Å²) in [6, 6.07) is 0. The van der Waals surface area contributed by atoms with Crippen LogP contribution in [0.25, 0.3) is 0 Å². The van der Waals surface area contributed by atoms with Gasteiger partial charge in [0.25, 0.3) is 0 Å². The lowest BCUT2D eigenvalue weighted by Gasteiger charge is -2.25. The highest BCUT2D eigenvalue weighted by molar-refractivity contribution is 8.13. The van der Waals surface area contributed by atoms with E-state index in [1.165, 1.54) is 37.4 Å². The second-order valence-electron chi connectivity index (χ2n) is 6.75. The Morgan fingerprint density at radius 1 is 1.00 bits per heavy atom. The Morgan fingerprint density at radius 3 is 2.23 bits per heavy atom. The lowest BCUT2D eigenvalue weighted by atomic mass is 10.1. The van der Waals surface area contributed by atoms with E-state index in [4.69, 9.17) is 13.3 Å². The summed E-state index contributed by atoms with van der Waals surface area (Å²) in [5.41, 5.74) is 0. The van der Waals surface area contributed by atoms with Crippen molar-refractivity contribution in [2.45, 2.75) is 78.2 Å². The Bertz CT molecular complexity index is 329. The predicted octanol–water partition coefficient (Wildman–Crippen LogP) is 4.12. The van der Waals surface area contributed by atoms with Crippen molar-refractivity contribution in [3.63, 3.8) is 0 Å². The molecule has 0 radical (unpaired) electrons. The smallest absolute Gasteiger partial charge is 0.376 e. The van der Waals surface area contributed by atoms with Gasteiger partial charge >= 0.3 is 9.53 Å². The largest absolute Gasteiger partial charge is 0.484 e. The average molecular weight is 408 g/mol. The van der Waals surface area contributed by atoms with Crippen molar-refractivity contribution in [2.24, 2.45) is 0 Å². The molecule has 0 aromatic heterocycles. The van der Waals surface area contributed by atoms with Crippen LogP contribution in [0.1, 0.15) is 72.1 Å². The van der Waals surface area contributed by atoms with E-state index in [1.54, 1.807) is 0 Å². The number of carbonyl (C=O) groups is 1. The number of rotatable bonds is 18. The first kappa shape index (κ1) is 26.1. The van der Waals surface area contributed by atoms with Crippen LogP contribution in [0.4, 0.5) is 0 Å². The second kappa shape index (κ2) is 18.4. The summed E-state index contributed by atoms with van der Waals surface area (Å²) in [7, 11) is 2.05. The molecule has 1 atom stereocenters. The maximum Gasteiger partial charge on any atom is 0.484 e. The monoisotopic (exact) mass is 407 g/mol. The minimum Gasteiger partial charge on any atom is -0.376 e. The van der Waals surface area contributed by atoms with Crippen LogP contribution in [0.5, 0.6) is 0 Å². The molecule has 156 valence electrons. The molecule has 0 rings (SSSR count). The van der Waals surface area contributed by atoms with Crippen molar-refractivity contribution in [3.8, 4) is 0 Å². The molecule has 0 amide bonds. The van der Waals surface area contributed by atoms with Crippen molar-refractivity contribution in [1.29, 1.82) is 0 Å². The van der Waals surface area contributed by atoms with Gasteiger partial charge in [-0.2, -0.15) is 0 Å². The third kappa shape index (κ3) is 16.3. The van der Waals surface area contributed by atoms with Crippen LogP contribution >= 0.6 is 11.8 Å². The van der Waals surface area contributed by atoms with E-state index < -0.39 is 9.53 Å². The number of hydrogen-bond acceptors (Lipinski definition) is 6. The molecule has 7 heteroatoms. The second-order valence-corrected chi connectivity index (χ2v) is 9.42. The summed E-state index contributed by atoms with van der Waals surface area (Å²) in [4.78, 5) is 14.1. The molecule has 0 heterocycles. The van der Waals surface area contributed by atoms with E-state index in [0.717, 1.165) is 38.0 Å². The minimum atomic E-state index is -2.05. The fourth-order valence-electron chi connectivity index (χ4n) is 2.61. The summed E-state index contributed by atoms with van der Waals surface area (Å²) in [6.45, 7) is 8.23. The van der Waals surface area contributed by atoms with Gasteiger partial charge in [-0.05, 0) is 47.2 Å². The van der Waals surface area contributed by atoms with Gasteiger partial charge in [-0.3, -0.25) is 4.79 Å². The van der Waals surface area contributed by atoms with Crippen LogP contribution in [0.3, 0.4) is 0 Å². The van der Waals surface area contributed by atoms with Crippen molar-refractivity contribution in [3.05, 3.63) is 0 Å². The Balaban J connectivity index is 4.03. The summed E-state index contributed by atoms with van der Waals surface area (Å²) in [5.74, 6) is 0.872.